The number of methoxy groups -OCH3 is 1. The highest BCUT2D eigenvalue weighted by Crippen LogP contribution is 2.14. The summed E-state index contributed by atoms with van der Waals surface area (Å²) in [5.74, 6) is 1.27. The van der Waals surface area contributed by atoms with Crippen molar-refractivity contribution in [2.45, 2.75) is 39.0 Å². The number of rotatable bonds is 7. The van der Waals surface area contributed by atoms with E-state index in [9.17, 15) is 0 Å². The first kappa shape index (κ1) is 16.4. The van der Waals surface area contributed by atoms with Gasteiger partial charge < -0.3 is 15.4 Å². The molecule has 1 aromatic carbocycles. The van der Waals surface area contributed by atoms with Crippen LogP contribution in [0.2, 0.25) is 0 Å². The first-order chi connectivity index (χ1) is 9.65. The van der Waals surface area contributed by atoms with Crippen LogP contribution in [-0.4, -0.2) is 18.1 Å². The summed E-state index contributed by atoms with van der Waals surface area (Å²) in [6.45, 7) is 2.18. The monoisotopic (exact) mass is 293 g/mol. The van der Waals surface area contributed by atoms with Crippen LogP contribution >= 0.6 is 12.2 Å². The fraction of sp³-hybridized carbons (Fsp3) is 0.467. The van der Waals surface area contributed by atoms with E-state index in [4.69, 9.17) is 22.4 Å². The van der Waals surface area contributed by atoms with E-state index in [1.807, 2.05) is 24.3 Å². The number of amidine groups is 1. The van der Waals surface area contributed by atoms with E-state index >= 15 is 0 Å². The zero-order valence-electron chi connectivity index (χ0n) is 12.2. The summed E-state index contributed by atoms with van der Waals surface area (Å²) >= 11 is 5.18. The van der Waals surface area contributed by atoms with Crippen molar-refractivity contribution in [3.8, 4) is 5.75 Å². The topological polar surface area (TPSA) is 57.1 Å². The maximum Gasteiger partial charge on any atom is 0.176 e. The summed E-state index contributed by atoms with van der Waals surface area (Å²) in [5.41, 5.74) is 0.877. The van der Waals surface area contributed by atoms with Gasteiger partial charge in [0.15, 0.2) is 5.11 Å². The van der Waals surface area contributed by atoms with Gasteiger partial charge in [-0.25, -0.2) is 0 Å². The van der Waals surface area contributed by atoms with Crippen LogP contribution in [0.5, 0.6) is 5.75 Å². The minimum Gasteiger partial charge on any atom is -0.497 e. The van der Waals surface area contributed by atoms with Gasteiger partial charge in [-0.3, -0.25) is 5.41 Å². The van der Waals surface area contributed by atoms with Gasteiger partial charge in [0.25, 0.3) is 0 Å². The van der Waals surface area contributed by atoms with Crippen LogP contribution in [0, 0.1) is 5.41 Å². The van der Waals surface area contributed by atoms with E-state index in [-0.39, 0.29) is 0 Å². The second-order valence-corrected chi connectivity index (χ2v) is 5.01. The molecule has 0 saturated heterocycles. The van der Waals surface area contributed by atoms with Crippen molar-refractivity contribution >= 4 is 28.9 Å². The van der Waals surface area contributed by atoms with Crippen molar-refractivity contribution in [2.75, 3.05) is 12.4 Å². The summed E-state index contributed by atoms with van der Waals surface area (Å²) in [4.78, 5) is 0. The third kappa shape index (κ3) is 6.52. The molecule has 20 heavy (non-hydrogen) atoms. The number of ether oxygens (including phenoxy) is 1. The van der Waals surface area contributed by atoms with Gasteiger partial charge in [-0.2, -0.15) is 0 Å². The van der Waals surface area contributed by atoms with Crippen molar-refractivity contribution in [1.29, 1.82) is 5.41 Å². The first-order valence-corrected chi connectivity index (χ1v) is 7.36. The van der Waals surface area contributed by atoms with Gasteiger partial charge in [-0.15, -0.1) is 0 Å². The Hall–Kier alpha value is -1.62. The average molecular weight is 293 g/mol. The third-order valence-corrected chi connectivity index (χ3v) is 3.10. The van der Waals surface area contributed by atoms with E-state index in [1.54, 1.807) is 7.11 Å². The molecule has 110 valence electrons. The van der Waals surface area contributed by atoms with Gasteiger partial charge in [0.05, 0.1) is 12.9 Å². The second-order valence-electron chi connectivity index (χ2n) is 4.60. The lowest BCUT2D eigenvalue weighted by Gasteiger charge is -2.11. The van der Waals surface area contributed by atoms with E-state index < -0.39 is 0 Å². The molecule has 0 aliphatic carbocycles. The summed E-state index contributed by atoms with van der Waals surface area (Å²) in [7, 11) is 1.63. The molecule has 0 fully saturated rings. The van der Waals surface area contributed by atoms with Crippen LogP contribution in [0.25, 0.3) is 0 Å². The number of benzene rings is 1. The van der Waals surface area contributed by atoms with Gasteiger partial charge in [0.2, 0.25) is 0 Å². The quantitative estimate of drug-likeness (QED) is 0.308. The number of nitrogens with one attached hydrogen (secondary N) is 3. The lowest BCUT2D eigenvalue weighted by molar-refractivity contribution is 0.415. The fourth-order valence-electron chi connectivity index (χ4n) is 1.76. The van der Waals surface area contributed by atoms with E-state index in [2.05, 4.69) is 17.6 Å². The van der Waals surface area contributed by atoms with E-state index in [1.165, 1.54) is 19.3 Å². The molecule has 0 aliphatic heterocycles. The summed E-state index contributed by atoms with van der Waals surface area (Å²) in [6.07, 6.45) is 5.37. The van der Waals surface area contributed by atoms with Crippen LogP contribution in [0.1, 0.15) is 39.0 Å². The Morgan fingerprint density at radius 2 is 1.90 bits per heavy atom. The van der Waals surface area contributed by atoms with Crippen LogP contribution in [0.4, 0.5) is 5.69 Å². The molecule has 0 saturated carbocycles. The molecule has 4 nitrogen and oxygen atoms in total. The molecule has 1 aromatic rings. The standard InChI is InChI=1S/C15H23N3OS/c1-3-4-5-6-7-14(16)18-15(20)17-12-8-10-13(19-2)11-9-12/h8-11H,3-7H2,1-2H3,(H3,16,17,18,20). The zero-order valence-corrected chi connectivity index (χ0v) is 13.0. The Labute approximate surface area is 126 Å². The first-order valence-electron chi connectivity index (χ1n) is 6.95. The van der Waals surface area contributed by atoms with Crippen LogP contribution in [0.3, 0.4) is 0 Å². The molecule has 0 unspecified atom stereocenters. The van der Waals surface area contributed by atoms with Gasteiger partial charge in [0.1, 0.15) is 5.75 Å². The Morgan fingerprint density at radius 1 is 1.20 bits per heavy atom. The average Bonchev–Trinajstić information content (AvgIpc) is 2.44. The van der Waals surface area contributed by atoms with E-state index in [0.717, 1.165) is 24.3 Å². The SMILES string of the molecule is CCCCCCC(=N)NC(=S)Nc1ccc(OC)cc1. The maximum atomic E-state index is 7.83. The third-order valence-electron chi connectivity index (χ3n) is 2.89. The molecule has 0 radical (unpaired) electrons. The largest absolute Gasteiger partial charge is 0.497 e. The lowest BCUT2D eigenvalue weighted by Crippen LogP contribution is -2.33. The fourth-order valence-corrected chi connectivity index (χ4v) is 2.01. The van der Waals surface area contributed by atoms with Gasteiger partial charge in [-0.1, -0.05) is 26.2 Å². The molecule has 0 amide bonds. The number of anilines is 1. The van der Waals surface area contributed by atoms with Crippen molar-refractivity contribution in [1.82, 2.24) is 5.32 Å². The van der Waals surface area contributed by atoms with Gasteiger partial charge in [0, 0.05) is 12.1 Å². The smallest absolute Gasteiger partial charge is 0.176 e. The highest BCUT2D eigenvalue weighted by molar-refractivity contribution is 7.80. The summed E-state index contributed by atoms with van der Waals surface area (Å²) < 4.78 is 5.09. The highest BCUT2D eigenvalue weighted by atomic mass is 32.1. The van der Waals surface area contributed by atoms with Crippen LogP contribution in [0.15, 0.2) is 24.3 Å². The minimum absolute atomic E-state index is 0.454. The Balaban J connectivity index is 2.29. The van der Waals surface area contributed by atoms with Gasteiger partial charge in [-0.05, 0) is 42.9 Å². The number of hydrogen-bond donors (Lipinski definition) is 3. The van der Waals surface area contributed by atoms with Crippen molar-refractivity contribution in [3.63, 3.8) is 0 Å². The Morgan fingerprint density at radius 3 is 2.50 bits per heavy atom. The molecule has 0 aliphatic rings. The zero-order chi connectivity index (χ0) is 14.8. The number of hydrogen-bond acceptors (Lipinski definition) is 3. The molecular formula is C15H23N3OS. The van der Waals surface area contributed by atoms with Crippen LogP contribution in [-0.2, 0) is 0 Å². The minimum atomic E-state index is 0.454. The molecule has 0 spiro atoms. The van der Waals surface area contributed by atoms with Crippen molar-refractivity contribution < 1.29 is 4.74 Å². The molecule has 5 heteroatoms. The normalized spacial score (nSPS) is 9.90. The maximum absolute atomic E-state index is 7.83. The predicted molar refractivity (Wildman–Crippen MR) is 88.8 cm³/mol. The summed E-state index contributed by atoms with van der Waals surface area (Å²) in [5, 5.41) is 14.2. The van der Waals surface area contributed by atoms with Crippen molar-refractivity contribution in [3.05, 3.63) is 24.3 Å². The molecule has 0 aromatic heterocycles. The number of thiocarbonyl (C=S) groups is 1. The molecule has 0 atom stereocenters. The molecular weight excluding hydrogens is 270 g/mol. The Bertz CT molecular complexity index is 431. The van der Waals surface area contributed by atoms with Crippen molar-refractivity contribution in [2.24, 2.45) is 0 Å². The van der Waals surface area contributed by atoms with Gasteiger partial charge >= 0.3 is 0 Å². The second kappa shape index (κ2) is 9.31. The molecule has 0 heterocycles. The molecule has 1 rings (SSSR count). The number of unbranched alkanes of at least 4 members (excludes halogenated alkanes) is 3. The van der Waals surface area contributed by atoms with E-state index in [0.29, 0.717) is 10.9 Å². The lowest BCUT2D eigenvalue weighted by atomic mass is 10.1. The molecule has 3 N–H and O–H groups in total. The Kier molecular flexibility index (Phi) is 7.65. The summed E-state index contributed by atoms with van der Waals surface area (Å²) in [6, 6.07) is 7.50. The van der Waals surface area contributed by atoms with Crippen LogP contribution < -0.4 is 15.4 Å². The predicted octanol–water partition coefficient (Wildman–Crippen LogP) is 3.93. The molecule has 0 bridgehead atoms. The highest BCUT2D eigenvalue weighted by Gasteiger charge is 2.02.